The molecule has 0 radical (unpaired) electrons. The van der Waals surface area contributed by atoms with E-state index in [1.807, 2.05) is 6.92 Å². The van der Waals surface area contributed by atoms with Crippen LogP contribution in [0, 0.1) is 6.92 Å². The Morgan fingerprint density at radius 2 is 2.09 bits per heavy atom. The number of hydrogen-bond acceptors (Lipinski definition) is 4. The minimum absolute atomic E-state index is 0.550. The van der Waals surface area contributed by atoms with Gasteiger partial charge in [0.05, 0.1) is 11.4 Å². The van der Waals surface area contributed by atoms with Crippen LogP contribution in [0.3, 0.4) is 0 Å². The van der Waals surface area contributed by atoms with Crippen molar-refractivity contribution in [3.05, 3.63) is 10.4 Å². The Morgan fingerprint density at radius 3 is 2.64 bits per heavy atom. The smallest absolute Gasteiger partial charge is 0.198 e. The van der Waals surface area contributed by atoms with Crippen molar-refractivity contribution in [2.24, 2.45) is 0 Å². The van der Waals surface area contributed by atoms with Crippen LogP contribution < -0.4 is 11.1 Å². The van der Waals surface area contributed by atoms with Gasteiger partial charge in [-0.15, -0.1) is 0 Å². The number of nitrogen functional groups attached to an aromatic ring is 1. The Hall–Kier alpha value is -0.840. The standard InChI is InChI=1S/C6H9BrN4/c1-3-4(8)5(9-2)11-6(7)10-3/h8H2,1-2H3,(H,9,10,11). The summed E-state index contributed by atoms with van der Waals surface area (Å²) < 4.78 is 0.550. The zero-order valence-corrected chi connectivity index (χ0v) is 7.94. The summed E-state index contributed by atoms with van der Waals surface area (Å²) in [7, 11) is 1.77. The van der Waals surface area contributed by atoms with Gasteiger partial charge in [0.15, 0.2) is 10.6 Å². The monoisotopic (exact) mass is 216 g/mol. The lowest BCUT2D eigenvalue weighted by Gasteiger charge is -2.05. The lowest BCUT2D eigenvalue weighted by atomic mass is 10.3. The Bertz CT molecular complexity index is 274. The molecule has 0 aliphatic heterocycles. The predicted molar refractivity (Wildman–Crippen MR) is 48.4 cm³/mol. The summed E-state index contributed by atoms with van der Waals surface area (Å²) in [5.41, 5.74) is 7.02. The molecule has 0 aliphatic carbocycles. The Morgan fingerprint density at radius 1 is 1.45 bits per heavy atom. The van der Waals surface area contributed by atoms with Crippen molar-refractivity contribution >= 4 is 27.4 Å². The number of nitrogens with zero attached hydrogens (tertiary/aromatic N) is 2. The molecule has 0 aliphatic rings. The molecule has 0 spiro atoms. The molecule has 4 nitrogen and oxygen atoms in total. The summed E-state index contributed by atoms with van der Waals surface area (Å²) in [4.78, 5) is 8.04. The summed E-state index contributed by atoms with van der Waals surface area (Å²) in [5.74, 6) is 0.657. The highest BCUT2D eigenvalue weighted by Crippen LogP contribution is 2.19. The normalized spacial score (nSPS) is 9.73. The first-order chi connectivity index (χ1) is 5.15. The maximum atomic E-state index is 5.65. The molecule has 0 atom stereocenters. The molecule has 0 fully saturated rings. The number of anilines is 2. The zero-order chi connectivity index (χ0) is 8.43. The van der Waals surface area contributed by atoms with Crippen molar-refractivity contribution < 1.29 is 0 Å². The quantitative estimate of drug-likeness (QED) is 0.693. The summed E-state index contributed by atoms with van der Waals surface area (Å²) in [6, 6.07) is 0. The molecule has 11 heavy (non-hydrogen) atoms. The second kappa shape index (κ2) is 3.04. The molecular weight excluding hydrogens is 208 g/mol. The number of nitrogens with one attached hydrogen (secondary N) is 1. The van der Waals surface area contributed by atoms with Crippen molar-refractivity contribution in [1.29, 1.82) is 0 Å². The van der Waals surface area contributed by atoms with Gasteiger partial charge < -0.3 is 11.1 Å². The van der Waals surface area contributed by atoms with Gasteiger partial charge in [0, 0.05) is 7.05 Å². The van der Waals surface area contributed by atoms with E-state index in [1.54, 1.807) is 7.05 Å². The maximum absolute atomic E-state index is 5.65. The van der Waals surface area contributed by atoms with E-state index in [4.69, 9.17) is 5.73 Å². The van der Waals surface area contributed by atoms with E-state index in [0.717, 1.165) is 5.69 Å². The third kappa shape index (κ3) is 1.59. The predicted octanol–water partition coefficient (Wildman–Crippen LogP) is 1.17. The summed E-state index contributed by atoms with van der Waals surface area (Å²) in [6.07, 6.45) is 0. The first-order valence-corrected chi connectivity index (χ1v) is 3.92. The lowest BCUT2D eigenvalue weighted by Crippen LogP contribution is -2.03. The van der Waals surface area contributed by atoms with Crippen LogP contribution in [0.2, 0.25) is 0 Å². The summed E-state index contributed by atoms with van der Waals surface area (Å²) in [5, 5.41) is 2.87. The van der Waals surface area contributed by atoms with Crippen LogP contribution >= 0.6 is 15.9 Å². The van der Waals surface area contributed by atoms with Crippen LogP contribution in [-0.2, 0) is 0 Å². The fourth-order valence-corrected chi connectivity index (χ4v) is 1.18. The molecule has 1 aromatic rings. The van der Waals surface area contributed by atoms with E-state index in [-0.39, 0.29) is 0 Å². The summed E-state index contributed by atoms with van der Waals surface area (Å²) in [6.45, 7) is 1.84. The van der Waals surface area contributed by atoms with Gasteiger partial charge in [-0.25, -0.2) is 9.97 Å². The third-order valence-corrected chi connectivity index (χ3v) is 1.70. The first kappa shape index (κ1) is 8.26. The van der Waals surface area contributed by atoms with Crippen LogP contribution in [0.15, 0.2) is 4.73 Å². The number of hydrogen-bond donors (Lipinski definition) is 2. The van der Waals surface area contributed by atoms with E-state index >= 15 is 0 Å². The minimum Gasteiger partial charge on any atom is -0.394 e. The molecule has 0 aromatic carbocycles. The van der Waals surface area contributed by atoms with Crippen molar-refractivity contribution in [2.75, 3.05) is 18.1 Å². The van der Waals surface area contributed by atoms with Gasteiger partial charge in [0.2, 0.25) is 0 Å². The van der Waals surface area contributed by atoms with E-state index < -0.39 is 0 Å². The SMILES string of the molecule is CNc1nc(Br)nc(C)c1N. The van der Waals surface area contributed by atoms with Crippen LogP contribution in [0.25, 0.3) is 0 Å². The van der Waals surface area contributed by atoms with Gasteiger partial charge in [-0.1, -0.05) is 0 Å². The Balaban J connectivity index is 3.24. The highest BCUT2D eigenvalue weighted by Gasteiger charge is 2.04. The molecule has 0 saturated heterocycles. The van der Waals surface area contributed by atoms with Gasteiger partial charge in [-0.2, -0.15) is 0 Å². The second-order valence-corrected chi connectivity index (χ2v) is 2.80. The summed E-state index contributed by atoms with van der Waals surface area (Å²) >= 11 is 3.17. The highest BCUT2D eigenvalue weighted by atomic mass is 79.9. The molecule has 5 heteroatoms. The largest absolute Gasteiger partial charge is 0.394 e. The molecular formula is C6H9BrN4. The molecule has 0 unspecified atom stereocenters. The fraction of sp³-hybridized carbons (Fsp3) is 0.333. The minimum atomic E-state index is 0.550. The molecule has 60 valence electrons. The average Bonchev–Trinajstić information content (AvgIpc) is 1.96. The fourth-order valence-electron chi connectivity index (χ4n) is 0.738. The van der Waals surface area contributed by atoms with Crippen LogP contribution in [-0.4, -0.2) is 17.0 Å². The Labute approximate surface area is 73.4 Å². The number of rotatable bonds is 1. The number of aromatic nitrogens is 2. The molecule has 1 aromatic heterocycles. The average molecular weight is 217 g/mol. The molecule has 1 heterocycles. The lowest BCUT2D eigenvalue weighted by molar-refractivity contribution is 1.06. The number of aryl methyl sites for hydroxylation is 1. The van der Waals surface area contributed by atoms with Gasteiger partial charge in [-0.05, 0) is 22.9 Å². The van der Waals surface area contributed by atoms with E-state index in [2.05, 4.69) is 31.2 Å². The highest BCUT2D eigenvalue weighted by molar-refractivity contribution is 9.10. The third-order valence-electron chi connectivity index (χ3n) is 1.35. The first-order valence-electron chi connectivity index (χ1n) is 3.12. The van der Waals surface area contributed by atoms with Gasteiger partial charge >= 0.3 is 0 Å². The van der Waals surface area contributed by atoms with Crippen molar-refractivity contribution in [3.63, 3.8) is 0 Å². The molecule has 0 saturated carbocycles. The van der Waals surface area contributed by atoms with Crippen LogP contribution in [0.1, 0.15) is 5.69 Å². The van der Waals surface area contributed by atoms with E-state index in [0.29, 0.717) is 16.2 Å². The van der Waals surface area contributed by atoms with Crippen LogP contribution in [0.4, 0.5) is 11.5 Å². The van der Waals surface area contributed by atoms with E-state index in [1.165, 1.54) is 0 Å². The van der Waals surface area contributed by atoms with Crippen molar-refractivity contribution in [2.45, 2.75) is 6.92 Å². The van der Waals surface area contributed by atoms with Gasteiger partial charge in [-0.3, -0.25) is 0 Å². The molecule has 0 bridgehead atoms. The Kier molecular flexibility index (Phi) is 2.28. The van der Waals surface area contributed by atoms with Crippen molar-refractivity contribution in [3.8, 4) is 0 Å². The molecule has 3 N–H and O–H groups in total. The van der Waals surface area contributed by atoms with Gasteiger partial charge in [0.25, 0.3) is 0 Å². The zero-order valence-electron chi connectivity index (χ0n) is 6.35. The van der Waals surface area contributed by atoms with Crippen molar-refractivity contribution in [1.82, 2.24) is 9.97 Å². The van der Waals surface area contributed by atoms with Gasteiger partial charge in [0.1, 0.15) is 0 Å². The number of halogens is 1. The molecule has 1 rings (SSSR count). The molecule has 0 amide bonds. The number of nitrogens with two attached hydrogens (primary N) is 1. The maximum Gasteiger partial charge on any atom is 0.198 e. The van der Waals surface area contributed by atoms with E-state index in [9.17, 15) is 0 Å². The topological polar surface area (TPSA) is 63.8 Å². The van der Waals surface area contributed by atoms with Crippen LogP contribution in [0.5, 0.6) is 0 Å². The second-order valence-electron chi connectivity index (χ2n) is 2.09.